The number of nitrogens with zero attached hydrogens (tertiary/aromatic N) is 4. The minimum absolute atomic E-state index is 0.0641. The average Bonchev–Trinajstić information content (AvgIpc) is 3.51. The Balaban J connectivity index is 1.58. The van der Waals surface area contributed by atoms with Crippen LogP contribution in [0.1, 0.15) is 35.6 Å². The molecule has 1 amide bonds. The summed E-state index contributed by atoms with van der Waals surface area (Å²) >= 11 is 0. The molecule has 32 heavy (non-hydrogen) atoms. The van der Waals surface area contributed by atoms with Gasteiger partial charge in [0.2, 0.25) is 5.91 Å². The van der Waals surface area contributed by atoms with E-state index < -0.39 is 17.3 Å². The van der Waals surface area contributed by atoms with Crippen molar-refractivity contribution in [1.29, 1.82) is 0 Å². The first-order chi connectivity index (χ1) is 15.4. The van der Waals surface area contributed by atoms with E-state index in [0.29, 0.717) is 10.9 Å². The third-order valence-corrected chi connectivity index (χ3v) is 5.85. The lowest BCUT2D eigenvalue weighted by Crippen LogP contribution is -2.31. The Kier molecular flexibility index (Phi) is 4.84. The normalized spacial score (nSPS) is 13.5. The zero-order chi connectivity index (χ0) is 22.4. The topological polar surface area (TPSA) is 81.8 Å². The quantitative estimate of drug-likeness (QED) is 0.520. The molecule has 1 N–H and O–H groups in total. The van der Waals surface area contributed by atoms with Gasteiger partial charge in [-0.1, -0.05) is 18.2 Å². The van der Waals surface area contributed by atoms with E-state index in [-0.39, 0.29) is 18.2 Å². The summed E-state index contributed by atoms with van der Waals surface area (Å²) in [6, 6.07) is 11.8. The number of fused-ring (bicyclic) bond motifs is 1. The van der Waals surface area contributed by atoms with Crippen LogP contribution in [-0.2, 0) is 11.3 Å². The Bertz CT molecular complexity index is 1420. The molecule has 162 valence electrons. The lowest BCUT2D eigenvalue weighted by Gasteiger charge is -2.11. The summed E-state index contributed by atoms with van der Waals surface area (Å²) in [7, 11) is 0. The molecule has 1 fully saturated rings. The fraction of sp³-hybridized carbons (Fsp3) is 0.250. The molecule has 0 radical (unpaired) electrons. The number of hydrogen-bond donors (Lipinski definition) is 1. The Morgan fingerprint density at radius 2 is 1.94 bits per heavy atom. The SMILES string of the molecule is Cc1ccc(-n2ncc3c(C4CC4)nn(CC(=O)Nc4ccccc4F)c(=O)c32)cc1C. The second-order valence-electron chi connectivity index (χ2n) is 8.24. The Labute approximate surface area is 183 Å². The Morgan fingerprint density at radius 3 is 2.66 bits per heavy atom. The van der Waals surface area contributed by atoms with Gasteiger partial charge < -0.3 is 5.32 Å². The van der Waals surface area contributed by atoms with Crippen LogP contribution < -0.4 is 10.9 Å². The second-order valence-corrected chi connectivity index (χ2v) is 8.24. The van der Waals surface area contributed by atoms with E-state index in [1.165, 1.54) is 12.1 Å². The molecule has 0 atom stereocenters. The molecule has 0 spiro atoms. The van der Waals surface area contributed by atoms with E-state index in [4.69, 9.17) is 0 Å². The summed E-state index contributed by atoms with van der Waals surface area (Å²) in [6.07, 6.45) is 3.64. The highest BCUT2D eigenvalue weighted by Gasteiger charge is 2.30. The number of aromatic nitrogens is 4. The van der Waals surface area contributed by atoms with Gasteiger partial charge in [-0.25, -0.2) is 13.8 Å². The number of halogens is 1. The van der Waals surface area contributed by atoms with Crippen LogP contribution in [0, 0.1) is 19.7 Å². The smallest absolute Gasteiger partial charge is 0.293 e. The highest BCUT2D eigenvalue weighted by molar-refractivity contribution is 5.91. The molecule has 7 nitrogen and oxygen atoms in total. The van der Waals surface area contributed by atoms with E-state index in [9.17, 15) is 14.0 Å². The van der Waals surface area contributed by atoms with Crippen LogP contribution in [0.5, 0.6) is 0 Å². The summed E-state index contributed by atoms with van der Waals surface area (Å²) in [5, 5.41) is 12.2. The lowest BCUT2D eigenvalue weighted by molar-refractivity contribution is -0.117. The molecule has 0 aliphatic heterocycles. The minimum atomic E-state index is -0.539. The van der Waals surface area contributed by atoms with Crippen LogP contribution in [0.4, 0.5) is 10.1 Å². The van der Waals surface area contributed by atoms with Gasteiger partial charge in [0.05, 0.1) is 23.3 Å². The van der Waals surface area contributed by atoms with Gasteiger partial charge in [0.15, 0.2) is 0 Å². The predicted molar refractivity (Wildman–Crippen MR) is 120 cm³/mol. The molecule has 1 aliphatic rings. The van der Waals surface area contributed by atoms with Crippen molar-refractivity contribution in [3.8, 4) is 5.69 Å². The molecule has 4 aromatic rings. The highest BCUT2D eigenvalue weighted by atomic mass is 19.1. The average molecular weight is 431 g/mol. The molecule has 0 bridgehead atoms. The minimum Gasteiger partial charge on any atom is -0.322 e. The third kappa shape index (κ3) is 3.57. The van der Waals surface area contributed by atoms with Crippen molar-refractivity contribution in [1.82, 2.24) is 19.6 Å². The van der Waals surface area contributed by atoms with Crippen molar-refractivity contribution < 1.29 is 9.18 Å². The van der Waals surface area contributed by atoms with Crippen LogP contribution in [0.15, 0.2) is 53.5 Å². The van der Waals surface area contributed by atoms with Gasteiger partial charge in [0.25, 0.3) is 5.56 Å². The molecule has 2 aromatic carbocycles. The maximum Gasteiger partial charge on any atom is 0.293 e. The largest absolute Gasteiger partial charge is 0.322 e. The number of para-hydroxylation sites is 1. The number of rotatable bonds is 5. The molecule has 0 unspecified atom stereocenters. The van der Waals surface area contributed by atoms with Crippen molar-refractivity contribution in [2.75, 3.05) is 5.32 Å². The van der Waals surface area contributed by atoms with Crippen LogP contribution >= 0.6 is 0 Å². The van der Waals surface area contributed by atoms with Crippen molar-refractivity contribution in [3.63, 3.8) is 0 Å². The lowest BCUT2D eigenvalue weighted by atomic mass is 10.1. The number of anilines is 1. The number of amides is 1. The Morgan fingerprint density at radius 1 is 1.16 bits per heavy atom. The standard InChI is InChI=1S/C24H22FN5O2/c1-14-7-10-17(11-15(14)2)30-23-18(12-26-30)22(16-8-9-16)28-29(24(23)32)13-21(31)27-20-6-4-3-5-19(20)25/h3-7,10-12,16H,8-9,13H2,1-2H3,(H,27,31). The van der Waals surface area contributed by atoms with Gasteiger partial charge in [0.1, 0.15) is 17.9 Å². The fourth-order valence-electron chi connectivity index (χ4n) is 3.80. The number of aryl methyl sites for hydroxylation is 2. The molecule has 1 aliphatic carbocycles. The number of nitrogens with one attached hydrogen (secondary N) is 1. The maximum absolute atomic E-state index is 13.9. The summed E-state index contributed by atoms with van der Waals surface area (Å²) < 4.78 is 16.7. The van der Waals surface area contributed by atoms with Gasteiger partial charge in [0, 0.05) is 11.3 Å². The predicted octanol–water partition coefficient (Wildman–Crippen LogP) is 3.85. The zero-order valence-electron chi connectivity index (χ0n) is 17.8. The molecule has 2 heterocycles. The van der Waals surface area contributed by atoms with Crippen LogP contribution in [-0.4, -0.2) is 25.5 Å². The zero-order valence-corrected chi connectivity index (χ0v) is 17.8. The van der Waals surface area contributed by atoms with Crippen molar-refractivity contribution in [3.05, 3.63) is 81.7 Å². The Hall–Kier alpha value is -3.81. The number of carbonyl (C=O) groups is 1. The summed E-state index contributed by atoms with van der Waals surface area (Å²) in [5.74, 6) is -0.817. The molecular formula is C24H22FN5O2. The first-order valence-electron chi connectivity index (χ1n) is 10.5. The summed E-state index contributed by atoms with van der Waals surface area (Å²) in [5.41, 5.74) is 3.82. The van der Waals surface area contributed by atoms with Crippen molar-refractivity contribution >= 4 is 22.5 Å². The second kappa shape index (κ2) is 7.71. The van der Waals surface area contributed by atoms with Crippen molar-refractivity contribution in [2.24, 2.45) is 0 Å². The van der Waals surface area contributed by atoms with E-state index in [1.54, 1.807) is 23.0 Å². The molecular weight excluding hydrogens is 409 g/mol. The first-order valence-corrected chi connectivity index (χ1v) is 10.5. The molecule has 8 heteroatoms. The third-order valence-electron chi connectivity index (χ3n) is 5.85. The highest BCUT2D eigenvalue weighted by Crippen LogP contribution is 2.41. The maximum atomic E-state index is 13.9. The molecule has 0 saturated heterocycles. The van der Waals surface area contributed by atoms with Crippen LogP contribution in [0.3, 0.4) is 0 Å². The summed E-state index contributed by atoms with van der Waals surface area (Å²) in [6.45, 7) is 3.71. The number of benzene rings is 2. The first kappa shape index (κ1) is 20.1. The molecule has 5 rings (SSSR count). The number of carbonyl (C=O) groups excluding carboxylic acids is 1. The van der Waals surface area contributed by atoms with Crippen molar-refractivity contribution in [2.45, 2.75) is 39.2 Å². The molecule has 2 aromatic heterocycles. The van der Waals surface area contributed by atoms with Crippen LogP contribution in [0.2, 0.25) is 0 Å². The van der Waals surface area contributed by atoms with Gasteiger partial charge in [-0.15, -0.1) is 0 Å². The van der Waals surface area contributed by atoms with E-state index in [1.807, 2.05) is 32.0 Å². The van der Waals surface area contributed by atoms with Crippen LogP contribution in [0.25, 0.3) is 16.6 Å². The van der Waals surface area contributed by atoms with E-state index in [0.717, 1.165) is 40.0 Å². The summed E-state index contributed by atoms with van der Waals surface area (Å²) in [4.78, 5) is 26.0. The number of hydrogen-bond acceptors (Lipinski definition) is 4. The van der Waals surface area contributed by atoms with Gasteiger partial charge >= 0.3 is 0 Å². The van der Waals surface area contributed by atoms with Gasteiger partial charge in [-0.05, 0) is 62.1 Å². The van der Waals surface area contributed by atoms with E-state index in [2.05, 4.69) is 15.5 Å². The molecule has 1 saturated carbocycles. The monoisotopic (exact) mass is 431 g/mol. The van der Waals surface area contributed by atoms with E-state index >= 15 is 0 Å². The fourth-order valence-corrected chi connectivity index (χ4v) is 3.80. The van der Waals surface area contributed by atoms with Gasteiger partial charge in [-0.2, -0.15) is 10.2 Å². The van der Waals surface area contributed by atoms with Gasteiger partial charge in [-0.3, -0.25) is 9.59 Å².